The van der Waals surface area contributed by atoms with Crippen molar-refractivity contribution in [1.82, 2.24) is 5.32 Å². The number of halogens is 1. The highest BCUT2D eigenvalue weighted by molar-refractivity contribution is 6.33. The molecule has 0 saturated heterocycles. The lowest BCUT2D eigenvalue weighted by Gasteiger charge is -2.21. The number of nitrogens with zero attached hydrogens (tertiary/aromatic N) is 1. The molecule has 0 unspecified atom stereocenters. The second-order valence-electron chi connectivity index (χ2n) is 4.59. The maximum Gasteiger partial charge on any atom is 0.239 e. The van der Waals surface area contributed by atoms with Crippen molar-refractivity contribution in [2.45, 2.75) is 13.0 Å². The van der Waals surface area contributed by atoms with E-state index in [0.29, 0.717) is 18.2 Å². The van der Waals surface area contributed by atoms with Crippen LogP contribution in [0, 0.1) is 0 Å². The molecule has 1 atom stereocenters. The van der Waals surface area contributed by atoms with E-state index in [4.69, 9.17) is 16.3 Å². The first kappa shape index (κ1) is 16.8. The van der Waals surface area contributed by atoms with Gasteiger partial charge in [0.05, 0.1) is 30.0 Å². The Morgan fingerprint density at radius 2 is 2.25 bits per heavy atom. The molecule has 1 rings (SSSR count). The van der Waals surface area contributed by atoms with Crippen molar-refractivity contribution >= 4 is 23.2 Å². The van der Waals surface area contributed by atoms with E-state index in [9.17, 15) is 9.90 Å². The number of methoxy groups -OCH3 is 1. The van der Waals surface area contributed by atoms with Gasteiger partial charge in [-0.3, -0.25) is 4.79 Å². The number of likely N-dealkylation sites (N-methyl/N-ethyl adjacent to an activating group) is 1. The highest BCUT2D eigenvalue weighted by atomic mass is 35.5. The Labute approximate surface area is 124 Å². The molecule has 5 nitrogen and oxygen atoms in total. The zero-order valence-electron chi connectivity index (χ0n) is 12.0. The summed E-state index contributed by atoms with van der Waals surface area (Å²) in [5.41, 5.74) is 1.50. The van der Waals surface area contributed by atoms with Gasteiger partial charge in [0.25, 0.3) is 0 Å². The molecule has 20 heavy (non-hydrogen) atoms. The van der Waals surface area contributed by atoms with E-state index in [0.717, 1.165) is 11.3 Å². The molecule has 0 bridgehead atoms. The third-order valence-corrected chi connectivity index (χ3v) is 3.18. The fraction of sp³-hybridized carbons (Fsp3) is 0.500. The molecule has 0 aliphatic rings. The van der Waals surface area contributed by atoms with Gasteiger partial charge in [-0.15, -0.1) is 0 Å². The van der Waals surface area contributed by atoms with Crippen LogP contribution in [-0.2, 0) is 9.53 Å². The minimum Gasteiger partial charge on any atom is -0.389 e. The summed E-state index contributed by atoms with van der Waals surface area (Å²) in [7, 11) is 3.38. The lowest BCUT2D eigenvalue weighted by atomic mass is 10.1. The number of hydrogen-bond donors (Lipinski definition) is 2. The van der Waals surface area contributed by atoms with Gasteiger partial charge in [-0.05, 0) is 24.6 Å². The summed E-state index contributed by atoms with van der Waals surface area (Å²) in [6.07, 6.45) is -0.566. The quantitative estimate of drug-likeness (QED) is 0.751. The van der Waals surface area contributed by atoms with Gasteiger partial charge in [0.2, 0.25) is 5.91 Å². The van der Waals surface area contributed by atoms with Gasteiger partial charge in [-0.1, -0.05) is 17.7 Å². The van der Waals surface area contributed by atoms with Crippen molar-refractivity contribution in [2.75, 3.05) is 38.8 Å². The Bertz CT molecular complexity index is 452. The zero-order chi connectivity index (χ0) is 15.1. The van der Waals surface area contributed by atoms with E-state index < -0.39 is 6.10 Å². The number of rotatable bonds is 7. The Morgan fingerprint density at radius 1 is 1.55 bits per heavy atom. The number of carbonyl (C=O) groups excluding carboxylic acids is 1. The average Bonchev–Trinajstić information content (AvgIpc) is 2.38. The lowest BCUT2D eigenvalue weighted by Crippen LogP contribution is -2.36. The summed E-state index contributed by atoms with van der Waals surface area (Å²) in [6.45, 7) is 2.85. The molecule has 0 saturated carbocycles. The Hall–Kier alpha value is -1.30. The summed E-state index contributed by atoms with van der Waals surface area (Å²) in [4.78, 5) is 13.5. The van der Waals surface area contributed by atoms with Gasteiger partial charge >= 0.3 is 0 Å². The van der Waals surface area contributed by atoms with Crippen molar-refractivity contribution in [2.24, 2.45) is 0 Å². The van der Waals surface area contributed by atoms with Crippen LogP contribution in [0.15, 0.2) is 18.2 Å². The molecule has 0 aliphatic heterocycles. The number of nitrogens with one attached hydrogen (secondary N) is 1. The van der Waals surface area contributed by atoms with Gasteiger partial charge < -0.3 is 20.1 Å². The Balaban J connectivity index is 2.63. The number of benzene rings is 1. The van der Waals surface area contributed by atoms with Crippen LogP contribution in [0.25, 0.3) is 0 Å². The van der Waals surface area contributed by atoms with Crippen LogP contribution in [0.5, 0.6) is 0 Å². The number of ether oxygens (including phenoxy) is 1. The molecular formula is C14H21ClN2O3. The number of aliphatic hydroxyl groups is 1. The number of anilines is 1. The predicted octanol–water partition coefficient (Wildman–Crippen LogP) is 1.59. The first-order valence-corrected chi connectivity index (χ1v) is 6.77. The molecular weight excluding hydrogens is 280 g/mol. The molecule has 0 fully saturated rings. The molecule has 0 aromatic heterocycles. The highest BCUT2D eigenvalue weighted by Crippen LogP contribution is 2.28. The van der Waals surface area contributed by atoms with E-state index in [1.165, 1.54) is 0 Å². The topological polar surface area (TPSA) is 61.8 Å². The minimum absolute atomic E-state index is 0.0970. The molecule has 2 N–H and O–H groups in total. The van der Waals surface area contributed by atoms with Gasteiger partial charge in [0.15, 0.2) is 0 Å². The first-order chi connectivity index (χ1) is 9.45. The lowest BCUT2D eigenvalue weighted by molar-refractivity contribution is -0.119. The molecule has 0 aliphatic carbocycles. The standard InChI is InChI=1S/C14H21ClN2O3/c1-10(18)11-4-5-13(12(15)8-11)17(2)9-14(19)16-6-7-20-3/h4-5,8,10,18H,6-7,9H2,1-3H3,(H,16,19)/t10-/m0/s1. The summed E-state index contributed by atoms with van der Waals surface area (Å²) < 4.78 is 4.86. The maximum absolute atomic E-state index is 11.7. The van der Waals surface area contributed by atoms with Gasteiger partial charge in [-0.25, -0.2) is 0 Å². The summed E-state index contributed by atoms with van der Waals surface area (Å²) >= 11 is 6.17. The number of amides is 1. The average molecular weight is 301 g/mol. The van der Waals surface area contributed by atoms with Crippen LogP contribution in [0.3, 0.4) is 0 Å². The normalized spacial score (nSPS) is 12.1. The van der Waals surface area contributed by atoms with E-state index in [1.54, 1.807) is 44.2 Å². The molecule has 1 aromatic carbocycles. The fourth-order valence-corrected chi connectivity index (χ4v) is 2.07. The third kappa shape index (κ3) is 5.00. The maximum atomic E-state index is 11.7. The molecule has 1 amide bonds. The number of aliphatic hydroxyl groups excluding tert-OH is 1. The zero-order valence-corrected chi connectivity index (χ0v) is 12.8. The van der Waals surface area contributed by atoms with Crippen molar-refractivity contribution < 1.29 is 14.6 Å². The van der Waals surface area contributed by atoms with Gasteiger partial charge in [0.1, 0.15) is 0 Å². The Kier molecular flexibility index (Phi) is 6.78. The largest absolute Gasteiger partial charge is 0.389 e. The summed E-state index contributed by atoms with van der Waals surface area (Å²) in [6, 6.07) is 5.30. The van der Waals surface area contributed by atoms with Crippen molar-refractivity contribution in [3.05, 3.63) is 28.8 Å². The smallest absolute Gasteiger partial charge is 0.239 e. The molecule has 0 spiro atoms. The van der Waals surface area contributed by atoms with Crippen molar-refractivity contribution in [3.63, 3.8) is 0 Å². The second-order valence-corrected chi connectivity index (χ2v) is 4.99. The fourth-order valence-electron chi connectivity index (χ4n) is 1.74. The molecule has 112 valence electrons. The number of hydrogen-bond acceptors (Lipinski definition) is 4. The number of carbonyl (C=O) groups is 1. The second kappa shape index (κ2) is 8.09. The summed E-state index contributed by atoms with van der Waals surface area (Å²) in [5.74, 6) is -0.0970. The van der Waals surface area contributed by atoms with Crippen LogP contribution in [0.1, 0.15) is 18.6 Å². The monoisotopic (exact) mass is 300 g/mol. The third-order valence-electron chi connectivity index (χ3n) is 2.87. The van der Waals surface area contributed by atoms with E-state index >= 15 is 0 Å². The van der Waals surface area contributed by atoms with E-state index in [2.05, 4.69) is 5.32 Å². The van der Waals surface area contributed by atoms with E-state index in [-0.39, 0.29) is 12.5 Å². The van der Waals surface area contributed by atoms with Crippen LogP contribution < -0.4 is 10.2 Å². The van der Waals surface area contributed by atoms with Crippen molar-refractivity contribution in [3.8, 4) is 0 Å². The molecule has 6 heteroatoms. The minimum atomic E-state index is -0.566. The summed E-state index contributed by atoms with van der Waals surface area (Å²) in [5, 5.41) is 12.7. The Morgan fingerprint density at radius 3 is 2.80 bits per heavy atom. The van der Waals surface area contributed by atoms with Crippen molar-refractivity contribution in [1.29, 1.82) is 0 Å². The predicted molar refractivity (Wildman–Crippen MR) is 80.2 cm³/mol. The van der Waals surface area contributed by atoms with Crippen LogP contribution >= 0.6 is 11.6 Å². The molecule has 0 heterocycles. The van der Waals surface area contributed by atoms with Crippen LogP contribution in [-0.4, -0.2) is 44.9 Å². The first-order valence-electron chi connectivity index (χ1n) is 6.40. The molecule has 1 aromatic rings. The van der Waals surface area contributed by atoms with Crippen LogP contribution in [0.4, 0.5) is 5.69 Å². The van der Waals surface area contributed by atoms with Gasteiger partial charge in [-0.2, -0.15) is 0 Å². The molecule has 0 radical (unpaired) electrons. The van der Waals surface area contributed by atoms with Crippen LogP contribution in [0.2, 0.25) is 5.02 Å². The van der Waals surface area contributed by atoms with E-state index in [1.807, 2.05) is 0 Å². The van der Waals surface area contributed by atoms with Gasteiger partial charge in [0, 0.05) is 20.7 Å². The highest BCUT2D eigenvalue weighted by Gasteiger charge is 2.12. The SMILES string of the molecule is COCCNC(=O)CN(C)c1ccc([C@H](C)O)cc1Cl.